The van der Waals surface area contributed by atoms with Crippen molar-refractivity contribution in [1.29, 1.82) is 0 Å². The lowest BCUT2D eigenvalue weighted by Gasteiger charge is -2.06. The Morgan fingerprint density at radius 3 is 2.56 bits per heavy atom. The van der Waals surface area contributed by atoms with Crippen molar-refractivity contribution in [2.45, 2.75) is 13.0 Å². The van der Waals surface area contributed by atoms with Gasteiger partial charge in [-0.25, -0.2) is 4.79 Å². The highest BCUT2D eigenvalue weighted by Gasteiger charge is 2.14. The van der Waals surface area contributed by atoms with Crippen molar-refractivity contribution < 1.29 is 14.0 Å². The molecule has 6 heteroatoms. The van der Waals surface area contributed by atoms with Crippen molar-refractivity contribution in [1.82, 2.24) is 10.6 Å². The van der Waals surface area contributed by atoms with Crippen molar-refractivity contribution in [3.63, 3.8) is 0 Å². The molecule has 0 aliphatic heterocycles. The van der Waals surface area contributed by atoms with E-state index in [1.165, 1.54) is 23.2 Å². The number of thiophene rings is 1. The molecule has 0 unspecified atom stereocenters. The quantitative estimate of drug-likeness (QED) is 0.637. The van der Waals surface area contributed by atoms with Crippen LogP contribution in [0.1, 0.15) is 25.9 Å². The summed E-state index contributed by atoms with van der Waals surface area (Å²) in [6, 6.07) is 16.7. The zero-order chi connectivity index (χ0) is 17.5. The van der Waals surface area contributed by atoms with Crippen molar-refractivity contribution in [3.05, 3.63) is 81.9 Å². The largest absolute Gasteiger partial charge is 0.461 e. The summed E-state index contributed by atoms with van der Waals surface area (Å²) in [6.07, 6.45) is 2.26. The van der Waals surface area contributed by atoms with Gasteiger partial charge in [-0.15, -0.1) is 11.3 Å². The lowest BCUT2D eigenvalue weighted by atomic mass is 10.1. The first-order valence-electron chi connectivity index (χ1n) is 7.95. The number of hydrogen-bond donors (Lipinski definition) is 2. The molecule has 0 atom stereocenters. The average molecular weight is 354 g/mol. The number of nitrogens with one attached hydrogen (secondary N) is 2. The van der Waals surface area contributed by atoms with E-state index < -0.39 is 0 Å². The number of benzene rings is 1. The van der Waals surface area contributed by atoms with Crippen molar-refractivity contribution in [2.75, 3.05) is 6.54 Å². The van der Waals surface area contributed by atoms with E-state index in [9.17, 15) is 9.59 Å². The van der Waals surface area contributed by atoms with Gasteiger partial charge in [0.2, 0.25) is 5.78 Å². The number of rotatable bonds is 7. The number of ketones is 1. The summed E-state index contributed by atoms with van der Waals surface area (Å²) in [4.78, 5) is 25.5. The van der Waals surface area contributed by atoms with Crippen LogP contribution in [0.3, 0.4) is 0 Å². The van der Waals surface area contributed by atoms with Crippen LogP contribution < -0.4 is 10.6 Å². The van der Waals surface area contributed by atoms with E-state index >= 15 is 0 Å². The van der Waals surface area contributed by atoms with Gasteiger partial charge in [-0.2, -0.15) is 0 Å². The molecule has 2 aromatic heterocycles. The van der Waals surface area contributed by atoms with Gasteiger partial charge in [-0.3, -0.25) is 4.79 Å². The first-order chi connectivity index (χ1) is 12.2. The summed E-state index contributed by atoms with van der Waals surface area (Å²) >= 11 is 1.35. The summed E-state index contributed by atoms with van der Waals surface area (Å²) in [5, 5.41) is 5.62. The second kappa shape index (κ2) is 8.30. The van der Waals surface area contributed by atoms with Gasteiger partial charge in [-0.05, 0) is 36.2 Å². The fraction of sp³-hybridized carbons (Fsp3) is 0.158. The van der Waals surface area contributed by atoms with Crippen molar-refractivity contribution >= 4 is 23.2 Å². The standard InChI is InChI=1S/C19H18N2O3S/c22-18(16-7-4-12-24-16)17-9-8-15(25-17)13-21-19(23)20-11-10-14-5-2-1-3-6-14/h1-9,12H,10-11,13H2,(H2,20,21,23). The van der Waals surface area contributed by atoms with Gasteiger partial charge in [-0.1, -0.05) is 30.3 Å². The molecule has 0 fully saturated rings. The third-order valence-corrected chi connectivity index (χ3v) is 4.68. The molecule has 2 heterocycles. The zero-order valence-electron chi connectivity index (χ0n) is 13.5. The van der Waals surface area contributed by atoms with Crippen LogP contribution in [0, 0.1) is 0 Å². The number of hydrogen-bond acceptors (Lipinski definition) is 4. The third-order valence-electron chi connectivity index (χ3n) is 3.60. The SMILES string of the molecule is O=C(NCCc1ccccc1)NCc1ccc(C(=O)c2ccco2)s1. The smallest absolute Gasteiger partial charge is 0.315 e. The molecule has 2 amide bonds. The van der Waals surface area contributed by atoms with Crippen LogP contribution in [0.2, 0.25) is 0 Å². The Morgan fingerprint density at radius 1 is 0.960 bits per heavy atom. The molecule has 25 heavy (non-hydrogen) atoms. The van der Waals surface area contributed by atoms with Gasteiger partial charge in [0.25, 0.3) is 0 Å². The second-order valence-electron chi connectivity index (χ2n) is 5.42. The van der Waals surface area contributed by atoms with Gasteiger partial charge < -0.3 is 15.1 Å². The summed E-state index contributed by atoms with van der Waals surface area (Å²) in [7, 11) is 0. The Balaban J connectivity index is 1.42. The van der Waals surface area contributed by atoms with Gasteiger partial charge >= 0.3 is 6.03 Å². The first kappa shape index (κ1) is 17.0. The molecule has 128 valence electrons. The molecular formula is C19H18N2O3S. The minimum atomic E-state index is -0.219. The van der Waals surface area contributed by atoms with E-state index in [2.05, 4.69) is 10.6 Å². The molecule has 3 rings (SSSR count). The fourth-order valence-corrected chi connectivity index (χ4v) is 3.21. The van der Waals surface area contributed by atoms with Gasteiger partial charge in [0.1, 0.15) is 0 Å². The van der Waals surface area contributed by atoms with E-state index in [4.69, 9.17) is 4.42 Å². The minimum Gasteiger partial charge on any atom is -0.461 e. The summed E-state index contributed by atoms with van der Waals surface area (Å²) in [5.41, 5.74) is 1.18. The number of amides is 2. The molecule has 0 spiro atoms. The minimum absolute atomic E-state index is 0.145. The van der Waals surface area contributed by atoms with E-state index in [0.29, 0.717) is 23.7 Å². The van der Waals surface area contributed by atoms with E-state index in [1.807, 2.05) is 36.4 Å². The summed E-state index contributed by atoms with van der Waals surface area (Å²) < 4.78 is 5.12. The highest BCUT2D eigenvalue weighted by Crippen LogP contribution is 2.20. The first-order valence-corrected chi connectivity index (χ1v) is 8.76. The summed E-state index contributed by atoms with van der Waals surface area (Å²) in [5.74, 6) is 0.175. The monoisotopic (exact) mass is 354 g/mol. The zero-order valence-corrected chi connectivity index (χ0v) is 14.3. The molecule has 0 radical (unpaired) electrons. The molecule has 0 saturated carbocycles. The van der Waals surface area contributed by atoms with E-state index in [-0.39, 0.29) is 11.8 Å². The van der Waals surface area contributed by atoms with Gasteiger partial charge in [0.05, 0.1) is 17.7 Å². The molecule has 0 aliphatic rings. The fourth-order valence-electron chi connectivity index (χ4n) is 2.32. The number of urea groups is 1. The van der Waals surface area contributed by atoms with Crippen LogP contribution >= 0.6 is 11.3 Å². The second-order valence-corrected chi connectivity index (χ2v) is 6.59. The normalized spacial score (nSPS) is 10.4. The maximum Gasteiger partial charge on any atom is 0.315 e. The molecule has 2 N–H and O–H groups in total. The predicted molar refractivity (Wildman–Crippen MR) is 96.8 cm³/mol. The molecule has 1 aromatic carbocycles. The Morgan fingerprint density at radius 2 is 1.80 bits per heavy atom. The van der Waals surface area contributed by atoms with Crippen LogP contribution in [-0.2, 0) is 13.0 Å². The van der Waals surface area contributed by atoms with Gasteiger partial charge in [0.15, 0.2) is 5.76 Å². The molecule has 0 aliphatic carbocycles. The Bertz CT molecular complexity index is 825. The Kier molecular flexibility index (Phi) is 5.64. The molecule has 5 nitrogen and oxygen atoms in total. The van der Waals surface area contributed by atoms with Crippen LogP contribution in [0.4, 0.5) is 4.79 Å². The highest BCUT2D eigenvalue weighted by atomic mass is 32.1. The van der Waals surface area contributed by atoms with Crippen LogP contribution in [0.15, 0.2) is 65.3 Å². The van der Waals surface area contributed by atoms with Crippen molar-refractivity contribution in [3.8, 4) is 0 Å². The van der Waals surface area contributed by atoms with Crippen molar-refractivity contribution in [2.24, 2.45) is 0 Å². The Labute approximate surface area is 149 Å². The lowest BCUT2D eigenvalue weighted by Crippen LogP contribution is -2.36. The number of carbonyl (C=O) groups excluding carboxylic acids is 2. The molecule has 3 aromatic rings. The average Bonchev–Trinajstić information content (AvgIpc) is 3.32. The predicted octanol–water partition coefficient (Wildman–Crippen LogP) is 3.61. The van der Waals surface area contributed by atoms with Gasteiger partial charge in [0, 0.05) is 11.4 Å². The maximum absolute atomic E-state index is 12.2. The molecular weight excluding hydrogens is 336 g/mol. The van der Waals surface area contributed by atoms with Crippen LogP contribution in [0.25, 0.3) is 0 Å². The number of carbonyl (C=O) groups is 2. The topological polar surface area (TPSA) is 71.3 Å². The van der Waals surface area contributed by atoms with Crippen LogP contribution in [-0.4, -0.2) is 18.4 Å². The highest BCUT2D eigenvalue weighted by molar-refractivity contribution is 7.14. The maximum atomic E-state index is 12.2. The summed E-state index contributed by atoms with van der Waals surface area (Å²) in [6.45, 7) is 0.954. The van der Waals surface area contributed by atoms with E-state index in [1.54, 1.807) is 18.2 Å². The lowest BCUT2D eigenvalue weighted by molar-refractivity contribution is 0.101. The molecule has 0 saturated heterocycles. The third kappa shape index (κ3) is 4.81. The van der Waals surface area contributed by atoms with Crippen LogP contribution in [0.5, 0.6) is 0 Å². The van der Waals surface area contributed by atoms with E-state index in [0.717, 1.165) is 11.3 Å². The molecule has 0 bridgehead atoms. The number of furan rings is 1. The Hall–Kier alpha value is -2.86.